The van der Waals surface area contributed by atoms with Crippen LogP contribution in [0.15, 0.2) is 0 Å². The summed E-state index contributed by atoms with van der Waals surface area (Å²) in [6.07, 6.45) is 36.4. The molecule has 0 aromatic carbocycles. The van der Waals surface area contributed by atoms with Crippen LogP contribution in [0, 0.1) is 0 Å². The number of aliphatic hydroxyl groups excluding tert-OH is 5. The van der Waals surface area contributed by atoms with E-state index in [2.05, 4.69) is 19.2 Å². The Morgan fingerprint density at radius 2 is 0.887 bits per heavy atom. The normalized spacial score (nSPS) is 20.7. The first-order valence-corrected chi connectivity index (χ1v) is 26.8. The van der Waals surface area contributed by atoms with E-state index in [1.54, 1.807) is 6.92 Å². The largest absolute Gasteiger partial charge is 0.390 e. The van der Waals surface area contributed by atoms with Crippen LogP contribution in [0.1, 0.15) is 258 Å². The number of hydrogen-bond acceptors (Lipinski definition) is 9. The van der Waals surface area contributed by atoms with Crippen LogP contribution in [0.3, 0.4) is 0 Å². The lowest BCUT2D eigenvalue weighted by molar-refractivity contribution is -0.304. The molecule has 1 heterocycles. The molecule has 1 amide bonds. The molecule has 6 N–H and O–H groups in total. The van der Waals surface area contributed by atoms with Gasteiger partial charge in [0.1, 0.15) is 30.5 Å². The highest BCUT2D eigenvalue weighted by atomic mass is 16.7. The van der Waals surface area contributed by atoms with Gasteiger partial charge in [0.15, 0.2) is 6.29 Å². The quantitative estimate of drug-likeness (QED) is 0.0327. The van der Waals surface area contributed by atoms with Crippen LogP contribution < -0.4 is 5.32 Å². The maximum absolute atomic E-state index is 13.1. The zero-order valence-corrected chi connectivity index (χ0v) is 40.8. The van der Waals surface area contributed by atoms with Gasteiger partial charge in [0.05, 0.1) is 25.4 Å². The van der Waals surface area contributed by atoms with Gasteiger partial charge in [-0.2, -0.15) is 0 Å². The zero-order valence-electron chi connectivity index (χ0n) is 40.8. The molecule has 1 fully saturated rings. The summed E-state index contributed by atoms with van der Waals surface area (Å²) in [6, 6.07) is -0.954. The molecular weight excluding hydrogens is 783 g/mol. The van der Waals surface area contributed by atoms with Crippen LogP contribution in [-0.2, 0) is 19.0 Å². The van der Waals surface area contributed by atoms with Crippen molar-refractivity contribution in [1.29, 1.82) is 0 Å². The average molecular weight is 886 g/mol. The minimum atomic E-state index is -1.55. The van der Waals surface area contributed by atoms with Crippen molar-refractivity contribution in [3.05, 3.63) is 0 Å². The van der Waals surface area contributed by atoms with Crippen LogP contribution in [0.5, 0.6) is 0 Å². The summed E-state index contributed by atoms with van der Waals surface area (Å²) in [7, 11) is 0. The predicted molar refractivity (Wildman–Crippen MR) is 255 cm³/mol. The van der Waals surface area contributed by atoms with Crippen molar-refractivity contribution in [2.24, 2.45) is 0 Å². The monoisotopic (exact) mass is 886 g/mol. The minimum Gasteiger partial charge on any atom is -0.390 e. The summed E-state index contributed by atoms with van der Waals surface area (Å²) in [5.41, 5.74) is 0. The molecule has 10 heteroatoms. The molecule has 1 rings (SSSR count). The lowest BCUT2D eigenvalue weighted by atomic mass is 9.98. The van der Waals surface area contributed by atoms with E-state index < -0.39 is 49.0 Å². The molecular formula is C52H103NO9. The summed E-state index contributed by atoms with van der Waals surface area (Å²) in [5, 5.41) is 56.6. The molecule has 1 aliphatic heterocycles. The molecule has 370 valence electrons. The van der Waals surface area contributed by atoms with Gasteiger partial charge in [-0.3, -0.25) is 4.79 Å². The number of ether oxygens (including phenoxy) is 3. The fraction of sp³-hybridized carbons (Fsp3) is 0.981. The Bertz CT molecular complexity index is 959. The van der Waals surface area contributed by atoms with E-state index in [4.69, 9.17) is 14.2 Å². The number of carbonyl (C=O) groups is 1. The van der Waals surface area contributed by atoms with Crippen molar-refractivity contribution in [2.75, 3.05) is 19.8 Å². The fourth-order valence-corrected chi connectivity index (χ4v) is 8.83. The second-order valence-corrected chi connectivity index (χ2v) is 18.9. The summed E-state index contributed by atoms with van der Waals surface area (Å²) in [5.74, 6) is -0.228. The summed E-state index contributed by atoms with van der Waals surface area (Å²) in [6.45, 7) is 6.46. The van der Waals surface area contributed by atoms with Gasteiger partial charge in [-0.25, -0.2) is 0 Å². The molecule has 0 radical (unpaired) electrons. The van der Waals surface area contributed by atoms with Crippen LogP contribution in [0.4, 0.5) is 0 Å². The molecule has 8 atom stereocenters. The molecule has 1 saturated heterocycles. The van der Waals surface area contributed by atoms with Crippen molar-refractivity contribution in [2.45, 2.75) is 307 Å². The number of carbonyl (C=O) groups excluding carboxylic acids is 1. The molecule has 62 heavy (non-hydrogen) atoms. The number of unbranched alkanes of at least 4 members (excludes halogenated alkanes) is 33. The molecule has 0 bridgehead atoms. The molecule has 10 nitrogen and oxygen atoms in total. The van der Waals surface area contributed by atoms with E-state index in [9.17, 15) is 30.3 Å². The predicted octanol–water partition coefficient (Wildman–Crippen LogP) is 11.5. The lowest BCUT2D eigenvalue weighted by Crippen LogP contribution is -2.60. The highest BCUT2D eigenvalue weighted by Crippen LogP contribution is 2.24. The van der Waals surface area contributed by atoms with Gasteiger partial charge in [-0.1, -0.05) is 232 Å². The lowest BCUT2D eigenvalue weighted by Gasteiger charge is -2.40. The van der Waals surface area contributed by atoms with Gasteiger partial charge in [0.2, 0.25) is 5.91 Å². The first-order chi connectivity index (χ1) is 30.3. The highest BCUT2D eigenvalue weighted by Gasteiger charge is 2.45. The Morgan fingerprint density at radius 3 is 1.27 bits per heavy atom. The van der Waals surface area contributed by atoms with Crippen molar-refractivity contribution in [3.8, 4) is 0 Å². The van der Waals surface area contributed by atoms with E-state index in [1.807, 2.05) is 0 Å². The second kappa shape index (κ2) is 42.8. The van der Waals surface area contributed by atoms with Gasteiger partial charge in [0, 0.05) is 13.0 Å². The van der Waals surface area contributed by atoms with Gasteiger partial charge in [-0.05, 0) is 19.8 Å². The van der Waals surface area contributed by atoms with E-state index >= 15 is 0 Å². The molecule has 0 aliphatic carbocycles. The molecule has 0 aromatic rings. The van der Waals surface area contributed by atoms with Gasteiger partial charge < -0.3 is 45.1 Å². The zero-order chi connectivity index (χ0) is 45.3. The SMILES string of the molecule is CCCCCCCCCCCCCCCCCCCCCCCCCC(=O)N[C@@H](CO[C@H]1OC(COCC)[C@H](O)[C@H](O)C1O)[C@H](O)[C@H](O)CCCCCCCCCCCCCC. The van der Waals surface area contributed by atoms with E-state index in [0.717, 1.165) is 38.5 Å². The number of rotatable bonds is 46. The Balaban J connectivity index is 2.32. The van der Waals surface area contributed by atoms with Gasteiger partial charge in [0.25, 0.3) is 0 Å². The number of nitrogens with one attached hydrogen (secondary N) is 1. The van der Waals surface area contributed by atoms with Crippen LogP contribution in [-0.4, -0.2) is 100 Å². The maximum atomic E-state index is 13.1. The molecule has 2 unspecified atom stereocenters. The topological polar surface area (TPSA) is 158 Å². The third-order valence-electron chi connectivity index (χ3n) is 13.1. The van der Waals surface area contributed by atoms with E-state index in [-0.39, 0.29) is 19.1 Å². The first-order valence-electron chi connectivity index (χ1n) is 26.8. The van der Waals surface area contributed by atoms with Crippen molar-refractivity contribution < 1.29 is 44.5 Å². The second-order valence-electron chi connectivity index (χ2n) is 18.9. The van der Waals surface area contributed by atoms with E-state index in [0.29, 0.717) is 19.4 Å². The Kier molecular flexibility index (Phi) is 40.8. The highest BCUT2D eigenvalue weighted by molar-refractivity contribution is 5.76. The Hall–Kier alpha value is -0.850. The van der Waals surface area contributed by atoms with E-state index in [1.165, 1.54) is 186 Å². The standard InChI is InChI=1S/C52H103NO9/c1-4-7-9-11-13-15-17-19-20-21-22-23-24-25-26-27-28-29-31-33-35-37-39-41-47(55)53-44(42-61-52-51(59)50(58)49(57)46(62-52)43-60-6-3)48(56)45(54)40-38-36-34-32-30-18-16-14-12-10-8-5-2/h44-46,48-52,54,56-59H,4-43H2,1-3H3,(H,53,55)/t44-,45+,46?,48-,49-,50-,51?,52-/m0/s1. The minimum absolute atomic E-state index is 0.00141. The third kappa shape index (κ3) is 31.9. The Morgan fingerprint density at radius 1 is 0.516 bits per heavy atom. The molecule has 0 saturated carbocycles. The number of amides is 1. The van der Waals surface area contributed by atoms with Crippen molar-refractivity contribution in [3.63, 3.8) is 0 Å². The summed E-state index contributed by atoms with van der Waals surface area (Å²) >= 11 is 0. The van der Waals surface area contributed by atoms with Crippen LogP contribution >= 0.6 is 0 Å². The molecule has 1 aliphatic rings. The van der Waals surface area contributed by atoms with Gasteiger partial charge >= 0.3 is 0 Å². The van der Waals surface area contributed by atoms with Gasteiger partial charge in [-0.15, -0.1) is 0 Å². The Labute approximate surface area is 381 Å². The number of aliphatic hydroxyl groups is 5. The van der Waals surface area contributed by atoms with Crippen LogP contribution in [0.2, 0.25) is 0 Å². The fourth-order valence-electron chi connectivity index (χ4n) is 8.83. The summed E-state index contributed by atoms with van der Waals surface area (Å²) < 4.78 is 17.0. The maximum Gasteiger partial charge on any atom is 0.220 e. The number of hydrogen-bond donors (Lipinski definition) is 6. The molecule has 0 aromatic heterocycles. The van der Waals surface area contributed by atoms with Crippen LogP contribution in [0.25, 0.3) is 0 Å². The van der Waals surface area contributed by atoms with Crippen molar-refractivity contribution >= 4 is 5.91 Å². The first kappa shape index (κ1) is 59.2. The smallest absolute Gasteiger partial charge is 0.220 e. The average Bonchev–Trinajstić information content (AvgIpc) is 3.27. The summed E-state index contributed by atoms with van der Waals surface area (Å²) in [4.78, 5) is 13.1. The third-order valence-corrected chi connectivity index (χ3v) is 13.1. The van der Waals surface area contributed by atoms with Crippen molar-refractivity contribution in [1.82, 2.24) is 5.32 Å². The molecule has 0 spiro atoms.